The molecule has 3 aromatic rings. The normalized spacial score (nSPS) is 14.0. The van der Waals surface area contributed by atoms with E-state index in [1.807, 2.05) is 61.5 Å². The first-order valence-corrected chi connectivity index (χ1v) is 15.2. The number of carbonyl (C=O) groups excluding carboxylic acids is 4. The van der Waals surface area contributed by atoms with Gasteiger partial charge in [-0.05, 0) is 52.7 Å². The highest BCUT2D eigenvalue weighted by Gasteiger charge is 2.32. The number of benzene rings is 2. The van der Waals surface area contributed by atoms with Gasteiger partial charge in [0.2, 0.25) is 5.91 Å². The molecule has 45 heavy (non-hydrogen) atoms. The molecule has 4 rings (SSSR count). The van der Waals surface area contributed by atoms with Crippen LogP contribution in [-0.4, -0.2) is 88.1 Å². The zero-order chi connectivity index (χ0) is 32.6. The van der Waals surface area contributed by atoms with E-state index in [-0.39, 0.29) is 44.1 Å². The van der Waals surface area contributed by atoms with Crippen LogP contribution in [0.15, 0.2) is 60.7 Å². The molecule has 0 spiro atoms. The summed E-state index contributed by atoms with van der Waals surface area (Å²) in [6.45, 7) is 10.4. The molecule has 3 amide bonds. The van der Waals surface area contributed by atoms with Crippen LogP contribution in [0.2, 0.25) is 0 Å². The van der Waals surface area contributed by atoms with Gasteiger partial charge in [-0.1, -0.05) is 54.6 Å². The summed E-state index contributed by atoms with van der Waals surface area (Å²) < 4.78 is 10.5. The Morgan fingerprint density at radius 3 is 2.20 bits per heavy atom. The Balaban J connectivity index is 1.61. The molecule has 0 aliphatic carbocycles. The van der Waals surface area contributed by atoms with Crippen molar-refractivity contribution in [3.63, 3.8) is 0 Å². The van der Waals surface area contributed by atoms with Crippen LogP contribution < -0.4 is 5.32 Å². The third kappa shape index (κ3) is 9.10. The smallest absolute Gasteiger partial charge is 0.409 e. The molecule has 1 fully saturated rings. The summed E-state index contributed by atoms with van der Waals surface area (Å²) in [5, 5.41) is 2.84. The Hall–Kier alpha value is -4.80. The van der Waals surface area contributed by atoms with Crippen LogP contribution in [0.3, 0.4) is 0 Å². The van der Waals surface area contributed by atoms with E-state index in [1.54, 1.807) is 43.6 Å². The lowest BCUT2D eigenvalue weighted by atomic mass is 10.0. The van der Waals surface area contributed by atoms with Crippen LogP contribution in [0.1, 0.15) is 56.6 Å². The Kier molecular flexibility index (Phi) is 10.9. The monoisotopic (exact) mass is 615 g/mol. The van der Waals surface area contributed by atoms with Crippen LogP contribution in [-0.2, 0) is 19.1 Å². The molecule has 1 atom stereocenters. The summed E-state index contributed by atoms with van der Waals surface area (Å²) in [4.78, 5) is 64.8. The number of hydrogen-bond acceptors (Lipinski definition) is 8. The highest BCUT2D eigenvalue weighted by Crippen LogP contribution is 2.25. The minimum atomic E-state index is -1.03. The predicted molar refractivity (Wildman–Crippen MR) is 169 cm³/mol. The van der Waals surface area contributed by atoms with Crippen molar-refractivity contribution in [2.45, 2.75) is 59.1 Å². The Bertz CT molecular complexity index is 1510. The van der Waals surface area contributed by atoms with E-state index < -0.39 is 29.6 Å². The number of piperazine rings is 1. The summed E-state index contributed by atoms with van der Waals surface area (Å²) in [5.41, 5.74) is 2.53. The summed E-state index contributed by atoms with van der Waals surface area (Å²) in [5.74, 6) is -1.03. The predicted octanol–water partition coefficient (Wildman–Crippen LogP) is 4.64. The summed E-state index contributed by atoms with van der Waals surface area (Å²) in [6, 6.07) is 17.6. The van der Waals surface area contributed by atoms with Gasteiger partial charge in [0.05, 0.1) is 12.3 Å². The number of nitrogens with one attached hydrogen (secondary N) is 1. The van der Waals surface area contributed by atoms with Crippen molar-refractivity contribution in [2.24, 2.45) is 0 Å². The zero-order valence-electron chi connectivity index (χ0n) is 26.5. The molecular weight excluding hydrogens is 574 g/mol. The van der Waals surface area contributed by atoms with Gasteiger partial charge in [-0.25, -0.2) is 14.8 Å². The van der Waals surface area contributed by atoms with Crippen LogP contribution in [0.25, 0.3) is 22.6 Å². The second kappa shape index (κ2) is 14.8. The molecule has 1 aromatic heterocycles. The molecule has 238 valence electrons. The number of carbonyl (C=O) groups is 4. The maximum absolute atomic E-state index is 13.8. The van der Waals surface area contributed by atoms with Crippen molar-refractivity contribution in [1.29, 1.82) is 0 Å². The van der Waals surface area contributed by atoms with Gasteiger partial charge in [-0.3, -0.25) is 14.4 Å². The highest BCUT2D eigenvalue weighted by atomic mass is 16.6. The van der Waals surface area contributed by atoms with E-state index in [2.05, 4.69) is 10.3 Å². The molecule has 1 N–H and O–H groups in total. The first-order chi connectivity index (χ1) is 21.4. The number of aryl methyl sites for hydroxylation is 1. The summed E-state index contributed by atoms with van der Waals surface area (Å²) in [7, 11) is 0. The van der Waals surface area contributed by atoms with E-state index in [0.717, 1.165) is 16.7 Å². The SMILES string of the molecule is CCOC(=O)N1CCN(C(=O)[C@H](CCC(=O)OC(C)(C)C)NC(=O)c2cc(-c3ccccc3C)nc(-c3ccccc3)n2)CC1. The van der Waals surface area contributed by atoms with Crippen LogP contribution >= 0.6 is 0 Å². The number of hydrogen-bond donors (Lipinski definition) is 1. The van der Waals surface area contributed by atoms with E-state index in [1.165, 1.54) is 0 Å². The lowest BCUT2D eigenvalue weighted by Gasteiger charge is -2.36. The number of aromatic nitrogens is 2. The second-order valence-corrected chi connectivity index (χ2v) is 11.8. The van der Waals surface area contributed by atoms with E-state index in [4.69, 9.17) is 14.5 Å². The van der Waals surface area contributed by atoms with Gasteiger partial charge in [0.15, 0.2) is 5.82 Å². The zero-order valence-corrected chi connectivity index (χ0v) is 26.5. The number of esters is 1. The molecule has 1 aliphatic heterocycles. The van der Waals surface area contributed by atoms with Gasteiger partial charge in [0.1, 0.15) is 17.3 Å². The molecular formula is C34H41N5O6. The van der Waals surface area contributed by atoms with Crippen molar-refractivity contribution >= 4 is 23.9 Å². The molecule has 0 bridgehead atoms. The van der Waals surface area contributed by atoms with Gasteiger partial charge >= 0.3 is 12.1 Å². The van der Waals surface area contributed by atoms with Crippen molar-refractivity contribution in [2.75, 3.05) is 32.8 Å². The van der Waals surface area contributed by atoms with Crippen molar-refractivity contribution in [3.05, 3.63) is 71.9 Å². The van der Waals surface area contributed by atoms with Gasteiger partial charge in [0, 0.05) is 43.7 Å². The van der Waals surface area contributed by atoms with Crippen molar-refractivity contribution < 1.29 is 28.7 Å². The molecule has 11 nitrogen and oxygen atoms in total. The maximum Gasteiger partial charge on any atom is 0.409 e. The average Bonchev–Trinajstić information content (AvgIpc) is 3.02. The summed E-state index contributed by atoms with van der Waals surface area (Å²) in [6.07, 6.45) is -0.481. The fourth-order valence-corrected chi connectivity index (χ4v) is 4.97. The third-order valence-corrected chi connectivity index (χ3v) is 7.19. The Labute approximate surface area is 263 Å². The Morgan fingerprint density at radius 2 is 1.56 bits per heavy atom. The van der Waals surface area contributed by atoms with E-state index in [0.29, 0.717) is 24.6 Å². The highest BCUT2D eigenvalue weighted by molar-refractivity contribution is 5.97. The van der Waals surface area contributed by atoms with Gasteiger partial charge in [-0.2, -0.15) is 0 Å². The van der Waals surface area contributed by atoms with Gasteiger partial charge in [-0.15, -0.1) is 0 Å². The molecule has 11 heteroatoms. The number of amides is 3. The minimum absolute atomic E-state index is 0.0266. The average molecular weight is 616 g/mol. The molecule has 2 aromatic carbocycles. The largest absolute Gasteiger partial charge is 0.460 e. The molecule has 0 saturated carbocycles. The van der Waals surface area contributed by atoms with Crippen LogP contribution in [0.4, 0.5) is 4.79 Å². The number of nitrogens with zero attached hydrogens (tertiary/aromatic N) is 4. The molecule has 1 aliphatic rings. The fraction of sp³-hybridized carbons (Fsp3) is 0.412. The Morgan fingerprint density at radius 1 is 0.911 bits per heavy atom. The molecule has 0 unspecified atom stereocenters. The van der Waals surface area contributed by atoms with Crippen LogP contribution in [0, 0.1) is 6.92 Å². The quantitative estimate of drug-likeness (QED) is 0.345. The maximum atomic E-state index is 13.8. The first kappa shape index (κ1) is 33.1. The lowest BCUT2D eigenvalue weighted by Crippen LogP contribution is -2.56. The van der Waals surface area contributed by atoms with Crippen molar-refractivity contribution in [3.8, 4) is 22.6 Å². The van der Waals surface area contributed by atoms with Gasteiger partial charge in [0.25, 0.3) is 5.91 Å². The standard InChI is InChI=1S/C34H41N5O6/c1-6-44-33(43)39-20-18-38(19-21-39)32(42)26(16-17-29(40)45-34(3,4)5)37-31(41)28-22-27(25-15-11-10-12-23(25)2)35-30(36-28)24-13-8-7-9-14-24/h7-15,22,26H,6,16-21H2,1-5H3,(H,37,41)/t26-/m0/s1. The van der Waals surface area contributed by atoms with Crippen LogP contribution in [0.5, 0.6) is 0 Å². The first-order valence-electron chi connectivity index (χ1n) is 15.2. The topological polar surface area (TPSA) is 131 Å². The summed E-state index contributed by atoms with van der Waals surface area (Å²) >= 11 is 0. The fourth-order valence-electron chi connectivity index (χ4n) is 4.97. The molecule has 1 saturated heterocycles. The number of rotatable bonds is 9. The molecule has 2 heterocycles. The molecule has 0 radical (unpaired) electrons. The van der Waals surface area contributed by atoms with E-state index in [9.17, 15) is 19.2 Å². The third-order valence-electron chi connectivity index (χ3n) is 7.19. The number of ether oxygens (including phenoxy) is 2. The minimum Gasteiger partial charge on any atom is -0.460 e. The van der Waals surface area contributed by atoms with Gasteiger partial charge < -0.3 is 24.6 Å². The lowest BCUT2D eigenvalue weighted by molar-refractivity contribution is -0.155. The van der Waals surface area contributed by atoms with E-state index >= 15 is 0 Å². The van der Waals surface area contributed by atoms with Crippen molar-refractivity contribution in [1.82, 2.24) is 25.1 Å². The second-order valence-electron chi connectivity index (χ2n) is 11.8.